The van der Waals surface area contributed by atoms with E-state index in [0.717, 1.165) is 64.2 Å². The Bertz CT molecular complexity index is 3210. The number of halogens is 4. The maximum absolute atomic E-state index is 15.5. The molecule has 0 N–H and O–H groups in total. The van der Waals surface area contributed by atoms with Gasteiger partial charge in [0.15, 0.2) is 0 Å². The number of aromatic nitrogens is 2. The van der Waals surface area contributed by atoms with E-state index in [9.17, 15) is 0 Å². The molecule has 10 heteroatoms. The molecule has 0 amide bonds. The second-order valence-corrected chi connectivity index (χ2v) is 19.2. The van der Waals surface area contributed by atoms with Gasteiger partial charge in [0, 0.05) is 56.1 Å². The topological polar surface area (TPSA) is 34.6 Å². The largest absolute Gasteiger partial charge is 0.677 e. The number of benzene rings is 5. The van der Waals surface area contributed by atoms with Gasteiger partial charge in [0.25, 0.3) is 0 Å². The predicted octanol–water partition coefficient (Wildman–Crippen LogP) is 14.2. The molecule has 0 saturated carbocycles. The van der Waals surface area contributed by atoms with Crippen molar-refractivity contribution in [2.75, 3.05) is 0 Å². The molecule has 64 heavy (non-hydrogen) atoms. The lowest BCUT2D eigenvalue weighted by Crippen LogP contribution is -2.20. The third-order valence-electron chi connectivity index (χ3n) is 13.3. The molecule has 0 aliphatic carbocycles. The maximum Gasteiger partial charge on any atom is 0.677 e. The molecule has 2 aliphatic rings. The Morgan fingerprint density at radius 2 is 0.969 bits per heavy atom. The summed E-state index contributed by atoms with van der Waals surface area (Å²) in [7, 11) is -5.62. The van der Waals surface area contributed by atoms with Crippen molar-refractivity contribution in [2.45, 2.75) is 106 Å². The lowest BCUT2D eigenvalue weighted by atomic mass is 9.82. The number of nitrogens with zero attached hydrogens (tertiary/aromatic N) is 4. The van der Waals surface area contributed by atoms with Crippen LogP contribution < -0.4 is 10.6 Å². The van der Waals surface area contributed by atoms with Crippen molar-refractivity contribution < 1.29 is 17.3 Å². The average Bonchev–Trinajstić information content (AvgIpc) is 4.08. The second-order valence-electron chi connectivity index (χ2n) is 19.2. The Labute approximate surface area is 374 Å². The normalized spacial score (nSPS) is 13.5. The van der Waals surface area contributed by atoms with Crippen molar-refractivity contribution in [1.82, 2.24) is 8.96 Å². The number of hydrogen-bond acceptors (Lipinski definition) is 2. The number of rotatable bonds is 10. The third-order valence-corrected chi connectivity index (χ3v) is 13.3. The summed E-state index contributed by atoms with van der Waals surface area (Å²) in [5, 5.41) is 4.65. The van der Waals surface area contributed by atoms with Gasteiger partial charge in [0.2, 0.25) is 0 Å². The lowest BCUT2D eigenvalue weighted by Gasteiger charge is -2.23. The van der Waals surface area contributed by atoms with Gasteiger partial charge >= 0.3 is 14.8 Å². The minimum atomic E-state index is -2.81. The monoisotopic (exact) mass is 856 g/mol. The zero-order valence-corrected chi connectivity index (χ0v) is 38.5. The van der Waals surface area contributed by atoms with Crippen molar-refractivity contribution in [3.8, 4) is 44.8 Å². The maximum atomic E-state index is 15.5. The molecule has 4 heterocycles. The highest BCUT2D eigenvalue weighted by Gasteiger charge is 2.32. The van der Waals surface area contributed by atoms with E-state index in [0.29, 0.717) is 81.4 Å². The van der Waals surface area contributed by atoms with Crippen molar-refractivity contribution >= 4 is 59.9 Å². The van der Waals surface area contributed by atoms with Crippen molar-refractivity contribution in [3.05, 3.63) is 129 Å². The summed E-state index contributed by atoms with van der Waals surface area (Å²) in [4.78, 5) is 10.5. The molecule has 7 aromatic rings. The molecule has 0 atom stereocenters. The molecule has 0 radical (unpaired) electrons. The molecule has 0 bridgehead atoms. The van der Waals surface area contributed by atoms with E-state index in [4.69, 9.17) is 9.98 Å². The Morgan fingerprint density at radius 1 is 0.500 bits per heavy atom. The Morgan fingerprint density at radius 3 is 1.44 bits per heavy atom. The second kappa shape index (κ2) is 16.0. The highest BCUT2D eigenvalue weighted by Crippen LogP contribution is 2.48. The smallest absolute Gasteiger partial charge is 0.329 e. The summed E-state index contributed by atoms with van der Waals surface area (Å²) in [5.41, 5.74) is 12.2. The van der Waals surface area contributed by atoms with Crippen molar-refractivity contribution in [3.63, 3.8) is 0 Å². The Balaban J connectivity index is 1.55. The molecule has 5 aromatic carbocycles. The average molecular weight is 857 g/mol. The van der Waals surface area contributed by atoms with Gasteiger partial charge in [-0.25, -0.2) is 0 Å². The standard InChI is InChI=1S/C54H54B2F4N4/c1-11-35-27-43-47(31-15-19-33(20-16-31)53(5,6)7)39-29-40-42(30-41(39)49(51(43)61-35)45-25-23-37(13-3)63(45)55(57)58)50(46-26-24-38(14-4)64(46)56(59)60)52-44(28-36(12-2)62-52)48(40)32-17-21-34(22-18-32)54(8,9)10/h15-30H,11-14H2,1-10H3. The fraction of sp³-hybridized carbons (Fsp3) is 0.296. The van der Waals surface area contributed by atoms with Gasteiger partial charge in [-0.15, -0.1) is 0 Å². The first-order chi connectivity index (χ1) is 30.5. The van der Waals surface area contributed by atoms with Gasteiger partial charge in [-0.05, 0) is 140 Å². The van der Waals surface area contributed by atoms with Crippen LogP contribution in [0.15, 0.2) is 101 Å². The van der Waals surface area contributed by atoms with E-state index < -0.39 is 14.8 Å². The molecule has 4 nitrogen and oxygen atoms in total. The molecule has 324 valence electrons. The summed E-state index contributed by atoms with van der Waals surface area (Å²) >= 11 is 0. The van der Waals surface area contributed by atoms with E-state index in [-0.39, 0.29) is 10.8 Å². The quantitative estimate of drug-likeness (QED) is 0.0746. The van der Waals surface area contributed by atoms with E-state index in [1.54, 1.807) is 24.3 Å². The first-order valence-electron chi connectivity index (χ1n) is 22.7. The Kier molecular flexibility index (Phi) is 10.8. The van der Waals surface area contributed by atoms with Crippen LogP contribution in [0, 0.1) is 0 Å². The van der Waals surface area contributed by atoms with E-state index in [1.165, 1.54) is 11.1 Å². The summed E-state index contributed by atoms with van der Waals surface area (Å²) in [6.45, 7) is 21.0. The number of allylic oxidation sites excluding steroid dienone is 1. The number of aryl methyl sites for hydroxylation is 2. The van der Waals surface area contributed by atoms with Gasteiger partial charge < -0.3 is 8.96 Å². The number of aliphatic imine (C=N–C) groups is 1. The van der Waals surface area contributed by atoms with Crippen LogP contribution in [0.1, 0.15) is 110 Å². The highest BCUT2D eigenvalue weighted by molar-refractivity contribution is 6.43. The molecule has 2 aliphatic heterocycles. The zero-order valence-electron chi connectivity index (χ0n) is 38.5. The molecular weight excluding hydrogens is 802 g/mol. The number of fused-ring (bicyclic) bond motifs is 4. The zero-order chi connectivity index (χ0) is 45.6. The van der Waals surface area contributed by atoms with E-state index in [1.807, 2.05) is 13.8 Å². The molecular formula is C54H54B2F4N4. The van der Waals surface area contributed by atoms with Gasteiger partial charge in [0.1, 0.15) is 0 Å². The van der Waals surface area contributed by atoms with Crippen LogP contribution in [0.5, 0.6) is 0 Å². The predicted molar refractivity (Wildman–Crippen MR) is 263 cm³/mol. The lowest BCUT2D eigenvalue weighted by molar-refractivity contribution is 0.590. The van der Waals surface area contributed by atoms with Crippen LogP contribution in [0.25, 0.3) is 78.5 Å². The highest BCUT2D eigenvalue weighted by atomic mass is 19.2. The molecule has 0 fully saturated rings. The number of hydrogen-bond donors (Lipinski definition) is 0. The first kappa shape index (κ1) is 43.4. The van der Waals surface area contributed by atoms with Gasteiger partial charge in [-0.3, -0.25) is 27.2 Å². The van der Waals surface area contributed by atoms with Gasteiger partial charge in [-0.1, -0.05) is 118 Å². The first-order valence-corrected chi connectivity index (χ1v) is 22.7. The summed E-state index contributed by atoms with van der Waals surface area (Å²) in [6, 6.07) is 28.7. The minimum absolute atomic E-state index is 0.0808. The molecule has 0 spiro atoms. The minimum Gasteiger partial charge on any atom is -0.329 e. The Hall–Kier alpha value is -5.89. The van der Waals surface area contributed by atoms with E-state index >= 15 is 17.3 Å². The summed E-state index contributed by atoms with van der Waals surface area (Å²) in [6.07, 6.45) is 6.34. The van der Waals surface area contributed by atoms with Crippen LogP contribution in [0.3, 0.4) is 0 Å². The molecule has 0 unspecified atom stereocenters. The van der Waals surface area contributed by atoms with Crippen LogP contribution >= 0.6 is 0 Å². The van der Waals surface area contributed by atoms with Crippen LogP contribution in [-0.4, -0.2) is 29.5 Å². The third kappa shape index (κ3) is 6.99. The van der Waals surface area contributed by atoms with E-state index in [2.05, 4.69) is 128 Å². The summed E-state index contributed by atoms with van der Waals surface area (Å²) in [5.74, 6) is 0. The fourth-order valence-corrected chi connectivity index (χ4v) is 9.88. The van der Waals surface area contributed by atoms with Crippen molar-refractivity contribution in [1.29, 1.82) is 0 Å². The SMILES string of the molecule is CCC1=Cc2c(-c3ccc(C(C)(C)C)cc3)c3cc4c(-c5ccc(C(C)(C)C)cc5)c5c(c(-c6ccc(CC)n6B(F)F)c4cc3c(-c3ccc(CC)n3B(F)F)c2=N1)N=C(CC)C=5. The van der Waals surface area contributed by atoms with Crippen LogP contribution in [0.4, 0.5) is 23.0 Å². The molecule has 9 rings (SSSR count). The molecule has 2 aromatic heterocycles. The van der Waals surface area contributed by atoms with Crippen LogP contribution in [0.2, 0.25) is 0 Å². The fourth-order valence-electron chi connectivity index (χ4n) is 9.88. The summed E-state index contributed by atoms with van der Waals surface area (Å²) < 4.78 is 64.1. The van der Waals surface area contributed by atoms with Gasteiger partial charge in [-0.2, -0.15) is 0 Å². The van der Waals surface area contributed by atoms with Crippen LogP contribution in [-0.2, 0) is 23.7 Å². The molecule has 0 saturated heterocycles. The van der Waals surface area contributed by atoms with Crippen molar-refractivity contribution in [2.24, 2.45) is 9.98 Å². The van der Waals surface area contributed by atoms with Gasteiger partial charge in [0.05, 0.1) is 11.0 Å².